The highest BCUT2D eigenvalue weighted by Crippen LogP contribution is 2.29. The monoisotopic (exact) mass is 381 g/mol. The number of benzene rings is 2. The molecule has 0 radical (unpaired) electrons. The molecular formula is C18H15F4N3O2. The van der Waals surface area contributed by atoms with E-state index < -0.39 is 29.6 Å². The number of amides is 3. The summed E-state index contributed by atoms with van der Waals surface area (Å²) in [6.45, 7) is 0.357. The predicted molar refractivity (Wildman–Crippen MR) is 90.8 cm³/mol. The minimum absolute atomic E-state index is 0.168. The maximum absolute atomic E-state index is 13.0. The predicted octanol–water partition coefficient (Wildman–Crippen LogP) is 3.77. The first-order valence-electron chi connectivity index (χ1n) is 8.06. The number of hydrogen-bond acceptors (Lipinski definition) is 2. The van der Waals surface area contributed by atoms with Gasteiger partial charge < -0.3 is 15.5 Å². The van der Waals surface area contributed by atoms with Crippen molar-refractivity contribution in [3.05, 3.63) is 59.9 Å². The van der Waals surface area contributed by atoms with Crippen LogP contribution in [-0.2, 0) is 11.0 Å². The van der Waals surface area contributed by atoms with Crippen molar-refractivity contribution in [2.75, 3.05) is 16.8 Å². The number of nitrogens with zero attached hydrogens (tertiary/aromatic N) is 1. The molecule has 1 fully saturated rings. The second kappa shape index (κ2) is 7.26. The van der Waals surface area contributed by atoms with Gasteiger partial charge in [0.25, 0.3) is 0 Å². The van der Waals surface area contributed by atoms with Gasteiger partial charge in [-0.1, -0.05) is 0 Å². The van der Waals surface area contributed by atoms with Crippen LogP contribution in [0.3, 0.4) is 0 Å². The molecule has 5 nitrogen and oxygen atoms in total. The van der Waals surface area contributed by atoms with Crippen LogP contribution >= 0.6 is 0 Å². The maximum Gasteiger partial charge on any atom is 0.416 e. The topological polar surface area (TPSA) is 61.4 Å². The highest BCUT2D eigenvalue weighted by molar-refractivity contribution is 6.02. The zero-order chi connectivity index (χ0) is 19.6. The van der Waals surface area contributed by atoms with Crippen LogP contribution in [0.4, 0.5) is 33.7 Å². The molecule has 27 heavy (non-hydrogen) atoms. The first kappa shape index (κ1) is 18.7. The third-order valence-corrected chi connectivity index (χ3v) is 4.12. The van der Waals surface area contributed by atoms with E-state index in [-0.39, 0.29) is 11.6 Å². The summed E-state index contributed by atoms with van der Waals surface area (Å²) >= 11 is 0. The fourth-order valence-corrected chi connectivity index (χ4v) is 2.76. The first-order chi connectivity index (χ1) is 12.7. The molecule has 0 bridgehead atoms. The molecule has 1 heterocycles. The zero-order valence-corrected chi connectivity index (χ0v) is 13.9. The maximum atomic E-state index is 13.0. The number of nitrogens with one attached hydrogen (secondary N) is 2. The Hall–Kier alpha value is -3.10. The van der Waals surface area contributed by atoms with E-state index in [0.29, 0.717) is 18.7 Å². The van der Waals surface area contributed by atoms with E-state index in [0.717, 1.165) is 24.3 Å². The van der Waals surface area contributed by atoms with Crippen molar-refractivity contribution in [3.8, 4) is 0 Å². The van der Waals surface area contributed by atoms with Crippen molar-refractivity contribution >= 4 is 23.3 Å². The molecule has 1 saturated heterocycles. The molecule has 0 unspecified atom stereocenters. The molecule has 0 saturated carbocycles. The molecule has 142 valence electrons. The molecule has 1 aliphatic rings. The van der Waals surface area contributed by atoms with Crippen molar-refractivity contribution in [2.24, 2.45) is 0 Å². The van der Waals surface area contributed by atoms with Crippen LogP contribution in [0.2, 0.25) is 0 Å². The normalized spacial score (nSPS) is 17.1. The van der Waals surface area contributed by atoms with Crippen LogP contribution in [0.15, 0.2) is 48.5 Å². The first-order valence-corrected chi connectivity index (χ1v) is 8.06. The molecule has 2 aromatic carbocycles. The number of anilines is 2. The standard InChI is InChI=1S/C18H15F4N3O2/c19-12-3-7-14(8-4-12)25-10-9-15(16(25)26)24-17(27)23-13-5-1-11(2-6-13)18(20,21)22/h1-8,15H,9-10H2,(H2,23,24,27)/t15-/m1/s1. The Morgan fingerprint density at radius 3 is 2.26 bits per heavy atom. The molecule has 0 aliphatic carbocycles. The number of halogens is 4. The third-order valence-electron chi connectivity index (χ3n) is 4.12. The highest BCUT2D eigenvalue weighted by Gasteiger charge is 2.34. The number of hydrogen-bond donors (Lipinski definition) is 2. The Balaban J connectivity index is 1.58. The number of alkyl halides is 3. The SMILES string of the molecule is O=C(Nc1ccc(C(F)(F)F)cc1)N[C@@H]1CCN(c2ccc(F)cc2)C1=O. The Morgan fingerprint density at radius 1 is 1.04 bits per heavy atom. The van der Waals surface area contributed by atoms with Gasteiger partial charge >= 0.3 is 12.2 Å². The summed E-state index contributed by atoms with van der Waals surface area (Å²) in [5.74, 6) is -0.764. The van der Waals surface area contributed by atoms with Gasteiger partial charge in [0.15, 0.2) is 0 Å². The minimum atomic E-state index is -4.46. The average Bonchev–Trinajstić information content (AvgIpc) is 2.96. The smallest absolute Gasteiger partial charge is 0.326 e. The molecule has 0 spiro atoms. The van der Waals surface area contributed by atoms with Crippen molar-refractivity contribution in [3.63, 3.8) is 0 Å². The van der Waals surface area contributed by atoms with Crippen LogP contribution in [0.1, 0.15) is 12.0 Å². The van der Waals surface area contributed by atoms with Gasteiger partial charge in [-0.25, -0.2) is 9.18 Å². The lowest BCUT2D eigenvalue weighted by molar-refractivity contribution is -0.137. The van der Waals surface area contributed by atoms with E-state index in [1.165, 1.54) is 29.2 Å². The Morgan fingerprint density at radius 2 is 1.67 bits per heavy atom. The van der Waals surface area contributed by atoms with Crippen molar-refractivity contribution in [2.45, 2.75) is 18.6 Å². The summed E-state index contributed by atoms with van der Waals surface area (Å²) in [4.78, 5) is 25.9. The summed E-state index contributed by atoms with van der Waals surface area (Å²) in [7, 11) is 0. The second-order valence-corrected chi connectivity index (χ2v) is 5.98. The Kier molecular flexibility index (Phi) is 5.02. The summed E-state index contributed by atoms with van der Waals surface area (Å²) in [5, 5.41) is 4.89. The lowest BCUT2D eigenvalue weighted by Gasteiger charge is -2.17. The van der Waals surface area contributed by atoms with E-state index in [9.17, 15) is 27.2 Å². The van der Waals surface area contributed by atoms with Crippen LogP contribution in [0.25, 0.3) is 0 Å². The molecule has 2 N–H and O–H groups in total. The molecule has 9 heteroatoms. The van der Waals surface area contributed by atoms with Gasteiger partial charge in [-0.15, -0.1) is 0 Å². The number of rotatable bonds is 3. The number of carbonyl (C=O) groups excluding carboxylic acids is 2. The quantitative estimate of drug-likeness (QED) is 0.795. The minimum Gasteiger partial charge on any atom is -0.326 e. The Bertz CT molecular complexity index is 835. The lowest BCUT2D eigenvalue weighted by atomic mass is 10.2. The van der Waals surface area contributed by atoms with E-state index in [4.69, 9.17) is 0 Å². The van der Waals surface area contributed by atoms with Crippen molar-refractivity contribution in [1.82, 2.24) is 5.32 Å². The molecule has 1 aliphatic heterocycles. The van der Waals surface area contributed by atoms with Gasteiger partial charge in [-0.05, 0) is 55.0 Å². The van der Waals surface area contributed by atoms with E-state index in [1.807, 2.05) is 0 Å². The van der Waals surface area contributed by atoms with Crippen LogP contribution in [0, 0.1) is 5.82 Å². The lowest BCUT2D eigenvalue weighted by Crippen LogP contribution is -2.43. The molecule has 2 aromatic rings. The summed E-state index contributed by atoms with van der Waals surface area (Å²) in [5.41, 5.74) is -0.135. The third kappa shape index (κ3) is 4.36. The molecule has 1 atom stereocenters. The molecular weight excluding hydrogens is 366 g/mol. The molecule has 3 rings (SSSR count). The molecule has 0 aromatic heterocycles. The van der Waals surface area contributed by atoms with Gasteiger partial charge in [0, 0.05) is 17.9 Å². The zero-order valence-electron chi connectivity index (χ0n) is 13.9. The van der Waals surface area contributed by atoms with Gasteiger partial charge in [0.2, 0.25) is 5.91 Å². The van der Waals surface area contributed by atoms with Gasteiger partial charge in [0.05, 0.1) is 5.56 Å². The van der Waals surface area contributed by atoms with Gasteiger partial charge in [0.1, 0.15) is 11.9 Å². The van der Waals surface area contributed by atoms with Crippen LogP contribution < -0.4 is 15.5 Å². The van der Waals surface area contributed by atoms with Gasteiger partial charge in [-0.3, -0.25) is 4.79 Å². The fourth-order valence-electron chi connectivity index (χ4n) is 2.76. The largest absolute Gasteiger partial charge is 0.416 e. The van der Waals surface area contributed by atoms with E-state index in [2.05, 4.69) is 10.6 Å². The van der Waals surface area contributed by atoms with Gasteiger partial charge in [-0.2, -0.15) is 13.2 Å². The van der Waals surface area contributed by atoms with E-state index >= 15 is 0 Å². The number of urea groups is 1. The van der Waals surface area contributed by atoms with Crippen LogP contribution in [-0.4, -0.2) is 24.5 Å². The average molecular weight is 381 g/mol. The Labute approximate surface area is 152 Å². The summed E-state index contributed by atoms with van der Waals surface area (Å²) in [6.07, 6.45) is -4.10. The van der Waals surface area contributed by atoms with Crippen molar-refractivity contribution < 1.29 is 27.2 Å². The number of carbonyl (C=O) groups is 2. The summed E-state index contributed by atoms with van der Waals surface area (Å²) in [6, 6.07) is 7.91. The van der Waals surface area contributed by atoms with E-state index in [1.54, 1.807) is 0 Å². The second-order valence-electron chi connectivity index (χ2n) is 5.98. The molecule has 3 amide bonds. The van der Waals surface area contributed by atoms with Crippen LogP contribution in [0.5, 0.6) is 0 Å². The fraction of sp³-hybridized carbons (Fsp3) is 0.222. The summed E-state index contributed by atoms with van der Waals surface area (Å²) < 4.78 is 50.6. The van der Waals surface area contributed by atoms with Crippen molar-refractivity contribution in [1.29, 1.82) is 0 Å². The highest BCUT2D eigenvalue weighted by atomic mass is 19.4.